The van der Waals surface area contributed by atoms with Gasteiger partial charge in [-0.15, -0.1) is 0 Å². The van der Waals surface area contributed by atoms with E-state index < -0.39 is 10.0 Å². The zero-order valence-corrected chi connectivity index (χ0v) is 15.8. The Bertz CT molecular complexity index is 875. The van der Waals surface area contributed by atoms with Crippen LogP contribution in [-0.4, -0.2) is 33.0 Å². The minimum Gasteiger partial charge on any atom is -0.493 e. The molecule has 1 heterocycles. The van der Waals surface area contributed by atoms with Crippen molar-refractivity contribution in [2.75, 3.05) is 14.2 Å². The summed E-state index contributed by atoms with van der Waals surface area (Å²) in [7, 11) is -0.363. The first-order valence-electron chi connectivity index (χ1n) is 8.19. The minimum absolute atomic E-state index is 0.128. The monoisotopic (exact) mass is 361 g/mol. The van der Waals surface area contributed by atoms with Gasteiger partial charge in [-0.25, -0.2) is 8.42 Å². The van der Waals surface area contributed by atoms with Crippen LogP contribution in [0, 0.1) is 6.92 Å². The average Bonchev–Trinajstić information content (AvgIpc) is 2.60. The van der Waals surface area contributed by atoms with Gasteiger partial charge in [-0.1, -0.05) is 17.7 Å². The maximum Gasteiger partial charge on any atom is 0.243 e. The highest BCUT2D eigenvalue weighted by atomic mass is 32.2. The molecule has 2 aromatic rings. The first kappa shape index (κ1) is 17.8. The summed E-state index contributed by atoms with van der Waals surface area (Å²) < 4.78 is 38.4. The number of methoxy groups -OCH3 is 2. The lowest BCUT2D eigenvalue weighted by Gasteiger charge is -2.34. The fourth-order valence-corrected chi connectivity index (χ4v) is 4.82. The van der Waals surface area contributed by atoms with Crippen LogP contribution in [0.25, 0.3) is 0 Å². The van der Waals surface area contributed by atoms with Crippen LogP contribution < -0.4 is 9.47 Å². The van der Waals surface area contributed by atoms with Crippen molar-refractivity contribution in [3.8, 4) is 11.5 Å². The number of sulfonamides is 1. The highest BCUT2D eigenvalue weighted by Gasteiger charge is 2.34. The van der Waals surface area contributed by atoms with Gasteiger partial charge < -0.3 is 9.47 Å². The molecule has 5 nitrogen and oxygen atoms in total. The third-order valence-electron chi connectivity index (χ3n) is 4.67. The number of nitrogens with zero attached hydrogens (tertiary/aromatic N) is 1. The Labute approximate surface area is 149 Å². The van der Waals surface area contributed by atoms with Crippen LogP contribution in [0.1, 0.15) is 23.6 Å². The predicted octanol–water partition coefficient (Wildman–Crippen LogP) is 3.15. The van der Waals surface area contributed by atoms with E-state index in [1.165, 1.54) is 0 Å². The van der Waals surface area contributed by atoms with E-state index >= 15 is 0 Å². The fourth-order valence-electron chi connectivity index (χ4n) is 3.21. The van der Waals surface area contributed by atoms with Crippen LogP contribution in [0.2, 0.25) is 0 Å². The lowest BCUT2D eigenvalue weighted by molar-refractivity contribution is 0.305. The summed E-state index contributed by atoms with van der Waals surface area (Å²) >= 11 is 0. The summed E-state index contributed by atoms with van der Waals surface area (Å²) in [5.41, 5.74) is 3.08. The van der Waals surface area contributed by atoms with E-state index in [9.17, 15) is 8.42 Å². The Morgan fingerprint density at radius 2 is 1.56 bits per heavy atom. The summed E-state index contributed by atoms with van der Waals surface area (Å²) in [6, 6.07) is 10.7. The molecule has 0 amide bonds. The molecular weight excluding hydrogens is 338 g/mol. The molecule has 0 N–H and O–H groups in total. The molecule has 134 valence electrons. The molecule has 0 saturated carbocycles. The number of rotatable bonds is 4. The fraction of sp³-hybridized carbons (Fsp3) is 0.368. The number of hydrogen-bond donors (Lipinski definition) is 0. The van der Waals surface area contributed by atoms with E-state index in [-0.39, 0.29) is 6.04 Å². The summed E-state index contributed by atoms with van der Waals surface area (Å²) in [6.45, 7) is 4.20. The highest BCUT2D eigenvalue weighted by Crippen LogP contribution is 2.36. The van der Waals surface area contributed by atoms with Gasteiger partial charge in [-0.2, -0.15) is 4.31 Å². The SMILES string of the molecule is COc1cc2c(cc1OC)CN(S(=O)(=O)c1ccc(C)cc1)C(C)C2. The number of aryl methyl sites for hydroxylation is 1. The lowest BCUT2D eigenvalue weighted by Crippen LogP contribution is -2.42. The van der Waals surface area contributed by atoms with Crippen LogP contribution in [0.5, 0.6) is 11.5 Å². The maximum atomic E-state index is 13.1. The molecule has 1 aliphatic rings. The van der Waals surface area contributed by atoms with Crippen molar-refractivity contribution in [3.05, 3.63) is 53.1 Å². The van der Waals surface area contributed by atoms with Gasteiger partial charge in [0.05, 0.1) is 19.1 Å². The normalized spacial score (nSPS) is 17.8. The lowest BCUT2D eigenvalue weighted by atomic mass is 9.96. The van der Waals surface area contributed by atoms with Crippen LogP contribution in [0.15, 0.2) is 41.3 Å². The van der Waals surface area contributed by atoms with Crippen molar-refractivity contribution in [1.29, 1.82) is 0 Å². The quantitative estimate of drug-likeness (QED) is 0.839. The van der Waals surface area contributed by atoms with Crippen LogP contribution in [0.4, 0.5) is 0 Å². The first-order valence-corrected chi connectivity index (χ1v) is 9.63. The Balaban J connectivity index is 1.99. The van der Waals surface area contributed by atoms with Gasteiger partial charge in [0.2, 0.25) is 10.0 Å². The van der Waals surface area contributed by atoms with Gasteiger partial charge in [-0.3, -0.25) is 0 Å². The molecule has 0 saturated heterocycles. The highest BCUT2D eigenvalue weighted by molar-refractivity contribution is 7.89. The molecule has 2 aromatic carbocycles. The Morgan fingerprint density at radius 3 is 2.12 bits per heavy atom. The largest absolute Gasteiger partial charge is 0.493 e. The molecule has 1 aliphatic heterocycles. The molecule has 25 heavy (non-hydrogen) atoms. The second-order valence-electron chi connectivity index (χ2n) is 6.39. The molecule has 1 unspecified atom stereocenters. The van der Waals surface area contributed by atoms with Crippen LogP contribution >= 0.6 is 0 Å². The summed E-state index contributed by atoms with van der Waals surface area (Å²) in [6.07, 6.45) is 0.640. The van der Waals surface area contributed by atoms with Gasteiger partial charge in [-0.05, 0) is 55.7 Å². The average molecular weight is 361 g/mol. The standard InChI is InChI=1S/C19H23NO4S/c1-13-5-7-17(8-6-13)25(21,22)20-12-16-11-19(24-4)18(23-3)10-15(16)9-14(20)2/h5-8,10-11,14H,9,12H2,1-4H3. The second-order valence-corrected chi connectivity index (χ2v) is 8.28. The maximum absolute atomic E-state index is 13.1. The number of ether oxygens (including phenoxy) is 2. The van der Waals surface area contributed by atoms with E-state index in [0.29, 0.717) is 29.4 Å². The third kappa shape index (κ3) is 3.24. The minimum atomic E-state index is -3.54. The van der Waals surface area contributed by atoms with E-state index in [0.717, 1.165) is 16.7 Å². The van der Waals surface area contributed by atoms with Crippen molar-refractivity contribution in [1.82, 2.24) is 4.31 Å². The van der Waals surface area contributed by atoms with Crippen molar-refractivity contribution in [2.45, 2.75) is 37.8 Å². The summed E-state index contributed by atoms with van der Waals surface area (Å²) in [4.78, 5) is 0.328. The number of fused-ring (bicyclic) bond motifs is 1. The summed E-state index contributed by atoms with van der Waals surface area (Å²) in [5.74, 6) is 1.28. The molecule has 0 spiro atoms. The molecule has 6 heteroatoms. The predicted molar refractivity (Wildman–Crippen MR) is 96.6 cm³/mol. The topological polar surface area (TPSA) is 55.8 Å². The molecular formula is C19H23NO4S. The van der Waals surface area contributed by atoms with Crippen LogP contribution in [-0.2, 0) is 23.0 Å². The molecule has 0 fully saturated rings. The van der Waals surface area contributed by atoms with E-state index in [2.05, 4.69) is 0 Å². The smallest absolute Gasteiger partial charge is 0.243 e. The van der Waals surface area contributed by atoms with Gasteiger partial charge in [0.1, 0.15) is 0 Å². The van der Waals surface area contributed by atoms with Crippen molar-refractivity contribution >= 4 is 10.0 Å². The van der Waals surface area contributed by atoms with Gasteiger partial charge in [0.25, 0.3) is 0 Å². The van der Waals surface area contributed by atoms with E-state index in [4.69, 9.17) is 9.47 Å². The van der Waals surface area contributed by atoms with Crippen molar-refractivity contribution in [3.63, 3.8) is 0 Å². The van der Waals surface area contributed by atoms with Crippen molar-refractivity contribution in [2.24, 2.45) is 0 Å². The summed E-state index contributed by atoms with van der Waals surface area (Å²) in [5, 5.41) is 0. The molecule has 0 radical (unpaired) electrons. The molecule has 3 rings (SSSR count). The Hall–Kier alpha value is -2.05. The second kappa shape index (κ2) is 6.69. The van der Waals surface area contributed by atoms with Gasteiger partial charge >= 0.3 is 0 Å². The van der Waals surface area contributed by atoms with Gasteiger partial charge in [0.15, 0.2) is 11.5 Å². The zero-order chi connectivity index (χ0) is 18.2. The van der Waals surface area contributed by atoms with E-state index in [1.807, 2.05) is 38.1 Å². The Kier molecular flexibility index (Phi) is 4.75. The zero-order valence-electron chi connectivity index (χ0n) is 14.9. The number of hydrogen-bond acceptors (Lipinski definition) is 4. The molecule has 0 aromatic heterocycles. The number of benzene rings is 2. The van der Waals surface area contributed by atoms with Gasteiger partial charge in [0, 0.05) is 12.6 Å². The molecule has 1 atom stereocenters. The first-order chi connectivity index (χ1) is 11.9. The molecule has 0 aliphatic carbocycles. The van der Waals surface area contributed by atoms with Crippen LogP contribution in [0.3, 0.4) is 0 Å². The van der Waals surface area contributed by atoms with E-state index in [1.54, 1.807) is 30.7 Å². The Morgan fingerprint density at radius 1 is 1.00 bits per heavy atom. The third-order valence-corrected chi connectivity index (χ3v) is 6.64. The molecule has 0 bridgehead atoms. The van der Waals surface area contributed by atoms with Crippen molar-refractivity contribution < 1.29 is 17.9 Å².